The largest absolute Gasteiger partial charge is 0.106 e. The van der Waals surface area contributed by atoms with Gasteiger partial charge >= 0.3 is 0 Å². The fraction of sp³-hybridized carbons (Fsp3) is 0.477. The van der Waals surface area contributed by atoms with Crippen LogP contribution in [0.2, 0.25) is 0 Å². The van der Waals surface area contributed by atoms with Crippen molar-refractivity contribution < 1.29 is 0 Å². The molecule has 1 fully saturated rings. The summed E-state index contributed by atoms with van der Waals surface area (Å²) in [7, 11) is 0. The highest BCUT2D eigenvalue weighted by Crippen LogP contribution is 2.51. The molecule has 4 unspecified atom stereocenters. The van der Waals surface area contributed by atoms with Crippen LogP contribution in [0.25, 0.3) is 5.57 Å². The van der Waals surface area contributed by atoms with E-state index in [1.54, 1.807) is 11.1 Å². The molecule has 0 aromatic heterocycles. The fourth-order valence-corrected chi connectivity index (χ4v) is 8.81. The second-order valence-electron chi connectivity index (χ2n) is 17.7. The van der Waals surface area contributed by atoms with Crippen LogP contribution in [-0.2, 0) is 0 Å². The van der Waals surface area contributed by atoms with Gasteiger partial charge in [-0.3, -0.25) is 0 Å². The summed E-state index contributed by atoms with van der Waals surface area (Å²) in [5.74, 6) is 4.47. The first kappa shape index (κ1) is 62.7. The third-order valence-corrected chi connectivity index (χ3v) is 12.1. The van der Waals surface area contributed by atoms with Crippen LogP contribution < -0.4 is 0 Å². The van der Waals surface area contributed by atoms with E-state index >= 15 is 0 Å². The van der Waals surface area contributed by atoms with Crippen molar-refractivity contribution in [3.05, 3.63) is 200 Å². The molecule has 0 bridgehead atoms. The first-order valence-electron chi connectivity index (χ1n) is 25.6. The number of hydrogen-bond acceptors (Lipinski definition) is 0. The van der Waals surface area contributed by atoms with Gasteiger partial charge < -0.3 is 0 Å². The molecule has 3 aliphatic rings. The Morgan fingerprint density at radius 3 is 1.66 bits per heavy atom. The lowest BCUT2D eigenvalue weighted by molar-refractivity contribution is 0.342. The zero-order valence-corrected chi connectivity index (χ0v) is 44.5. The lowest BCUT2D eigenvalue weighted by Gasteiger charge is -2.44. The van der Waals surface area contributed by atoms with Crippen LogP contribution in [-0.4, -0.2) is 0 Å². The number of rotatable bonds is 17. The molecule has 1 aromatic rings. The monoisotopic (exact) mass is 881 g/mol. The molecule has 0 amide bonds. The molecule has 0 saturated heterocycles. The van der Waals surface area contributed by atoms with Gasteiger partial charge in [-0.25, -0.2) is 0 Å². The lowest BCUT2D eigenvalue weighted by atomic mass is 9.61. The van der Waals surface area contributed by atoms with Gasteiger partial charge in [-0.15, -0.1) is 19.7 Å². The molecule has 0 spiro atoms. The molecular formula is C65H100. The first-order valence-corrected chi connectivity index (χ1v) is 25.6. The van der Waals surface area contributed by atoms with E-state index in [1.807, 2.05) is 39.8 Å². The summed E-state index contributed by atoms with van der Waals surface area (Å²) in [4.78, 5) is 0. The highest BCUT2D eigenvalue weighted by Gasteiger charge is 2.38. The first-order chi connectivity index (χ1) is 31.3. The number of benzene rings is 1. The summed E-state index contributed by atoms with van der Waals surface area (Å²) in [6.45, 7) is 56.5. The summed E-state index contributed by atoms with van der Waals surface area (Å²) in [6, 6.07) is 9.02. The molecule has 0 radical (unpaired) electrons. The minimum absolute atomic E-state index is 0.422. The van der Waals surface area contributed by atoms with E-state index < -0.39 is 0 Å². The van der Waals surface area contributed by atoms with E-state index in [1.165, 1.54) is 79.2 Å². The van der Waals surface area contributed by atoms with Crippen molar-refractivity contribution in [1.29, 1.82) is 0 Å². The molecular weight excluding hydrogens is 781 g/mol. The van der Waals surface area contributed by atoms with Gasteiger partial charge in [0.15, 0.2) is 0 Å². The molecule has 0 heteroatoms. The molecule has 3 aliphatic carbocycles. The zero-order valence-electron chi connectivity index (χ0n) is 44.5. The van der Waals surface area contributed by atoms with Gasteiger partial charge in [0.2, 0.25) is 0 Å². The van der Waals surface area contributed by atoms with Crippen molar-refractivity contribution in [2.45, 2.75) is 166 Å². The Bertz CT molecular complexity index is 1720. The van der Waals surface area contributed by atoms with Crippen LogP contribution in [0.1, 0.15) is 177 Å². The zero-order chi connectivity index (χ0) is 49.7. The van der Waals surface area contributed by atoms with Crippen molar-refractivity contribution in [3.63, 3.8) is 0 Å². The third-order valence-electron chi connectivity index (χ3n) is 12.1. The van der Waals surface area contributed by atoms with Crippen LogP contribution in [0.4, 0.5) is 0 Å². The van der Waals surface area contributed by atoms with Gasteiger partial charge in [-0.2, -0.15) is 0 Å². The van der Waals surface area contributed by atoms with Crippen molar-refractivity contribution >= 4 is 5.57 Å². The predicted molar refractivity (Wildman–Crippen MR) is 303 cm³/mol. The Kier molecular flexibility index (Phi) is 37.4. The molecule has 4 atom stereocenters. The summed E-state index contributed by atoms with van der Waals surface area (Å²) in [5.41, 5.74) is 12.2. The normalized spacial score (nSPS) is 21.8. The topological polar surface area (TPSA) is 0 Å². The van der Waals surface area contributed by atoms with E-state index in [4.69, 9.17) is 0 Å². The molecule has 1 saturated carbocycles. The van der Waals surface area contributed by atoms with Gasteiger partial charge in [-0.1, -0.05) is 229 Å². The van der Waals surface area contributed by atoms with Crippen LogP contribution >= 0.6 is 0 Å². The van der Waals surface area contributed by atoms with E-state index in [-0.39, 0.29) is 0 Å². The standard InChI is InChI=1S/C35H48.C20H26.C4H10.2C2H6.C2H4/c1-9-13-17-26(5)18-14-19-27(6)32-24-22-28(7)34-29(8)23-25-33(35(32)34)31(16-10-2)21-15-20-30(11-3)12-4;1-4-6-7-16(3)18-12-14-20(15-13-18)19-10-8-17(5-2)9-11-19;1-4(2)3;3*1-2/h10-17,19,21,28-29,32-33H,2-3,5-6,9,18,20,22-25H2,1,4,7-8H3;5-7,12-15,17,19H,2-4,8-11H2,1H3;4H,1-3H3;2*1-2H3;1-2H2/b17-13-,19-14-,21-15-,30-12+,31-16+;7-6-;;;;. The summed E-state index contributed by atoms with van der Waals surface area (Å²) < 4.78 is 0. The minimum atomic E-state index is 0.422. The van der Waals surface area contributed by atoms with Crippen molar-refractivity contribution in [2.75, 3.05) is 0 Å². The smallest absolute Gasteiger partial charge is 0.00572 e. The van der Waals surface area contributed by atoms with E-state index in [0.29, 0.717) is 23.7 Å². The average molecular weight is 882 g/mol. The lowest BCUT2D eigenvalue weighted by Crippen LogP contribution is -2.31. The van der Waals surface area contributed by atoms with E-state index in [0.717, 1.165) is 54.6 Å². The Balaban J connectivity index is 0. The predicted octanol–water partition coefficient (Wildman–Crippen LogP) is 21.2. The highest BCUT2D eigenvalue weighted by molar-refractivity contribution is 5.72. The molecule has 4 rings (SSSR count). The van der Waals surface area contributed by atoms with Crippen LogP contribution in [0.3, 0.4) is 0 Å². The van der Waals surface area contributed by atoms with Crippen molar-refractivity contribution in [1.82, 2.24) is 0 Å². The average Bonchev–Trinajstić information content (AvgIpc) is 3.33. The van der Waals surface area contributed by atoms with Crippen molar-refractivity contribution in [3.8, 4) is 0 Å². The maximum absolute atomic E-state index is 4.58. The second kappa shape index (κ2) is 38.8. The second-order valence-corrected chi connectivity index (χ2v) is 17.7. The number of hydrogen-bond donors (Lipinski definition) is 0. The Hall–Kier alpha value is -4.42. The maximum Gasteiger partial charge on any atom is 0.00572 e. The molecule has 360 valence electrons. The summed E-state index contributed by atoms with van der Waals surface area (Å²) in [5, 5.41) is 0. The summed E-state index contributed by atoms with van der Waals surface area (Å²) >= 11 is 0. The highest BCUT2D eigenvalue weighted by atomic mass is 14.4. The van der Waals surface area contributed by atoms with Crippen LogP contribution in [0.5, 0.6) is 0 Å². The quantitative estimate of drug-likeness (QED) is 0.108. The van der Waals surface area contributed by atoms with E-state index in [2.05, 4.69) is 199 Å². The third kappa shape index (κ3) is 24.1. The SMILES string of the molecule is C=C.C=C/C=C(\C=C/C/C(C=C)=C/C)C1CCC(C)C2=C1C(C(=C)/C=C\CC(=C)/C=C\CC)CCC2C.C=CC1CCC(c2ccc(C(=C)/C=C\CC)cc2)CC1.CC.CC.CC(C)C. The van der Waals surface area contributed by atoms with Gasteiger partial charge in [0.1, 0.15) is 0 Å². The fourth-order valence-electron chi connectivity index (χ4n) is 8.81. The van der Waals surface area contributed by atoms with Crippen molar-refractivity contribution in [2.24, 2.45) is 35.5 Å². The minimum Gasteiger partial charge on any atom is -0.106 e. The molecule has 65 heavy (non-hydrogen) atoms. The van der Waals surface area contributed by atoms with Crippen LogP contribution in [0.15, 0.2) is 189 Å². The van der Waals surface area contributed by atoms with E-state index in [9.17, 15) is 0 Å². The molecule has 0 nitrogen and oxygen atoms in total. The van der Waals surface area contributed by atoms with Gasteiger partial charge in [0.25, 0.3) is 0 Å². The molecule has 0 N–H and O–H groups in total. The maximum atomic E-state index is 4.58. The number of allylic oxidation sites excluding steroid dienone is 20. The van der Waals surface area contributed by atoms with Crippen LogP contribution in [0, 0.1) is 35.5 Å². The van der Waals surface area contributed by atoms with Gasteiger partial charge in [0, 0.05) is 11.8 Å². The molecule has 0 aliphatic heterocycles. The Morgan fingerprint density at radius 2 is 1.17 bits per heavy atom. The Morgan fingerprint density at radius 1 is 0.646 bits per heavy atom. The van der Waals surface area contributed by atoms with Gasteiger partial charge in [-0.05, 0) is 147 Å². The molecule has 1 aromatic carbocycles. The molecule has 0 heterocycles. The Labute approximate surface area is 405 Å². The summed E-state index contributed by atoms with van der Waals surface area (Å²) in [6.07, 6.45) is 42.1. The van der Waals surface area contributed by atoms with Gasteiger partial charge in [0.05, 0.1) is 0 Å².